The van der Waals surface area contributed by atoms with E-state index in [1.165, 1.54) is 0 Å². The predicted molar refractivity (Wildman–Crippen MR) is 25.5 cm³/mol. The summed E-state index contributed by atoms with van der Waals surface area (Å²) in [5.41, 5.74) is 0. The zero-order valence-electron chi connectivity index (χ0n) is 2.45. The van der Waals surface area contributed by atoms with Crippen molar-refractivity contribution in [3.63, 3.8) is 0 Å². The fourth-order valence-electron chi connectivity index (χ4n) is 0. The summed E-state index contributed by atoms with van der Waals surface area (Å²) in [6, 6.07) is 0. The van der Waals surface area contributed by atoms with Crippen molar-refractivity contribution in [2.45, 2.75) is 0 Å². The molecule has 0 aromatic carbocycles. The van der Waals surface area contributed by atoms with Crippen LogP contribution in [0.15, 0.2) is 0 Å². The van der Waals surface area contributed by atoms with Crippen molar-refractivity contribution in [1.29, 1.82) is 5.26 Å². The van der Waals surface area contributed by atoms with Crippen LogP contribution in [0.25, 0.3) is 0 Å². The van der Waals surface area contributed by atoms with Gasteiger partial charge < -0.3 is 0 Å². The van der Waals surface area contributed by atoms with Gasteiger partial charge in [-0.15, -0.1) is 0 Å². The Morgan fingerprint density at radius 2 is 1.60 bits per heavy atom. The standard InChI is InChI=1S/CN.Al.H4Si.Ti.2H/c1-2;;;;;/h;;1H4;;;. The third-order valence-electron chi connectivity index (χ3n) is 0. The molecule has 0 spiro atoms. The van der Waals surface area contributed by atoms with Crippen molar-refractivity contribution in [2.24, 2.45) is 0 Å². The molecule has 0 aliphatic carbocycles. The smallest absolute Gasteiger partial charge is 0.226 e. The molecular weight excluding hydrogens is 129 g/mol. The first kappa shape index (κ1) is 16.7. The Kier molecular flexibility index (Phi) is 67.9. The molecule has 0 aromatic heterocycles. The van der Waals surface area contributed by atoms with E-state index in [1.807, 2.05) is 4.93 Å². The van der Waals surface area contributed by atoms with E-state index in [2.05, 4.69) is 0 Å². The van der Waals surface area contributed by atoms with Crippen LogP contribution in [0.3, 0.4) is 0 Å². The molecular formula is CH6AlNSiTi. The average Bonchev–Trinajstić information content (AvgIpc) is 0.918. The molecule has 0 saturated heterocycles. The number of nitrogens with zero attached hydrogens (tertiary/aromatic N) is 1. The van der Waals surface area contributed by atoms with Gasteiger partial charge in [-0.1, -0.05) is 4.93 Å². The fourth-order valence-corrected chi connectivity index (χ4v) is 0. The van der Waals surface area contributed by atoms with Gasteiger partial charge in [-0.25, -0.2) is 5.26 Å². The second-order valence-electron chi connectivity index (χ2n) is 0.224. The molecule has 0 atom stereocenters. The predicted octanol–water partition coefficient (Wildman–Crippen LogP) is -2.35. The quantitative estimate of drug-likeness (QED) is 0.341. The van der Waals surface area contributed by atoms with Crippen LogP contribution in [0.1, 0.15) is 0 Å². The van der Waals surface area contributed by atoms with Crippen LogP contribution in [-0.4, -0.2) is 27.3 Å². The number of hydrogen-bond acceptors (Lipinski definition) is 1. The van der Waals surface area contributed by atoms with Crippen molar-refractivity contribution < 1.29 is 21.7 Å². The van der Waals surface area contributed by atoms with Crippen LogP contribution in [-0.2, 0) is 21.7 Å². The van der Waals surface area contributed by atoms with E-state index < -0.39 is 0 Å². The summed E-state index contributed by atoms with van der Waals surface area (Å²) in [5.74, 6) is 0. The van der Waals surface area contributed by atoms with Crippen LogP contribution in [0.5, 0.6) is 0 Å². The molecule has 0 N–H and O–H groups in total. The first-order valence-corrected chi connectivity index (χ1v) is 1.72. The van der Waals surface area contributed by atoms with Crippen LogP contribution in [0, 0.1) is 10.2 Å². The molecule has 0 fully saturated rings. The Labute approximate surface area is 59.1 Å². The summed E-state index contributed by atoms with van der Waals surface area (Å²) >= 11 is 0.674. The zero-order valence-corrected chi connectivity index (χ0v) is 6.01. The van der Waals surface area contributed by atoms with Gasteiger partial charge >= 0.3 is 16.3 Å². The van der Waals surface area contributed by atoms with E-state index in [9.17, 15) is 0 Å². The molecule has 0 aliphatic rings. The largest absolute Gasteiger partial charge is 0.376 e. The summed E-state index contributed by atoms with van der Waals surface area (Å²) in [5, 5.41) is 7.38. The SMILES string of the molecule is N#[C][AlH2].[SiH4].[Ti]. The second-order valence-corrected chi connectivity index (χ2v) is 0.671. The Morgan fingerprint density at radius 3 is 1.60 bits per heavy atom. The Morgan fingerprint density at radius 1 is 1.60 bits per heavy atom. The zero-order chi connectivity index (χ0) is 2.71. The van der Waals surface area contributed by atoms with E-state index in [1.54, 1.807) is 0 Å². The van der Waals surface area contributed by atoms with E-state index in [0.29, 0.717) is 16.3 Å². The minimum Gasteiger partial charge on any atom is -0.226 e. The average molecular weight is 135 g/mol. The topological polar surface area (TPSA) is 23.8 Å². The Balaban J connectivity index is -0.0000000200. The van der Waals surface area contributed by atoms with E-state index >= 15 is 0 Å². The molecule has 0 unspecified atom stereocenters. The minimum absolute atomic E-state index is 0. The van der Waals surface area contributed by atoms with Crippen LogP contribution < -0.4 is 0 Å². The third kappa shape index (κ3) is 47.5. The number of rotatable bonds is 0. The Bertz CT molecular complexity index is 33.1. The summed E-state index contributed by atoms with van der Waals surface area (Å²) in [6.07, 6.45) is 0. The maximum Gasteiger partial charge on any atom is 0.376 e. The molecule has 5 heavy (non-hydrogen) atoms. The summed E-state index contributed by atoms with van der Waals surface area (Å²) in [6.45, 7) is 0. The van der Waals surface area contributed by atoms with Crippen molar-refractivity contribution in [3.05, 3.63) is 0 Å². The normalized spacial score (nSPS) is 1.40. The summed E-state index contributed by atoms with van der Waals surface area (Å²) in [7, 11) is 0. The summed E-state index contributed by atoms with van der Waals surface area (Å²) in [4.78, 5) is 1.89. The number of hydrogen-bond donors (Lipinski definition) is 0. The molecule has 0 aromatic rings. The van der Waals surface area contributed by atoms with Gasteiger partial charge in [-0.3, -0.25) is 0 Å². The molecule has 26 valence electrons. The fraction of sp³-hybridized carbons (Fsp3) is 0. The van der Waals surface area contributed by atoms with Gasteiger partial charge in [-0.2, -0.15) is 0 Å². The molecule has 0 rings (SSSR count). The molecule has 0 saturated carbocycles. The number of nitriles is 1. The van der Waals surface area contributed by atoms with E-state index in [-0.39, 0.29) is 32.7 Å². The van der Waals surface area contributed by atoms with Crippen LogP contribution >= 0.6 is 0 Å². The van der Waals surface area contributed by atoms with Crippen LogP contribution in [0.2, 0.25) is 0 Å². The van der Waals surface area contributed by atoms with Gasteiger partial charge in [0.2, 0.25) is 0 Å². The molecule has 0 bridgehead atoms. The van der Waals surface area contributed by atoms with Crippen molar-refractivity contribution >= 4 is 27.3 Å². The molecule has 0 heterocycles. The van der Waals surface area contributed by atoms with Crippen molar-refractivity contribution in [3.8, 4) is 4.93 Å². The second kappa shape index (κ2) is 20.3. The first-order valence-electron chi connectivity index (χ1n) is 0.724. The van der Waals surface area contributed by atoms with Gasteiger partial charge in [0.05, 0.1) is 0 Å². The molecule has 4 heteroatoms. The molecule has 0 amide bonds. The van der Waals surface area contributed by atoms with Gasteiger partial charge in [0.25, 0.3) is 0 Å². The first-order chi connectivity index (χ1) is 1.41. The van der Waals surface area contributed by atoms with Gasteiger partial charge in [0.15, 0.2) is 0 Å². The molecule has 0 aliphatic heterocycles. The minimum atomic E-state index is 0. The monoisotopic (exact) mass is 135 g/mol. The maximum atomic E-state index is 7.38. The maximum absolute atomic E-state index is 7.38. The van der Waals surface area contributed by atoms with E-state index in [4.69, 9.17) is 5.26 Å². The Hall–Kier alpha value is 0.954. The van der Waals surface area contributed by atoms with E-state index in [0.717, 1.165) is 0 Å². The molecule has 1 nitrogen and oxygen atoms in total. The molecule has 0 radical (unpaired) electrons. The van der Waals surface area contributed by atoms with Gasteiger partial charge in [-0.05, 0) is 11.0 Å². The van der Waals surface area contributed by atoms with Gasteiger partial charge in [0, 0.05) is 21.7 Å². The van der Waals surface area contributed by atoms with Crippen molar-refractivity contribution in [1.82, 2.24) is 0 Å². The summed E-state index contributed by atoms with van der Waals surface area (Å²) < 4.78 is 0. The van der Waals surface area contributed by atoms with Gasteiger partial charge in [0.1, 0.15) is 0 Å². The van der Waals surface area contributed by atoms with Crippen LogP contribution in [0.4, 0.5) is 0 Å². The third-order valence-corrected chi connectivity index (χ3v) is 0. The van der Waals surface area contributed by atoms with Crippen molar-refractivity contribution in [2.75, 3.05) is 0 Å².